The van der Waals surface area contributed by atoms with Gasteiger partial charge in [0.15, 0.2) is 0 Å². The first-order valence-electron chi connectivity index (χ1n) is 5.85. The molecule has 1 rings (SSSR count). The van der Waals surface area contributed by atoms with Crippen LogP contribution in [0, 0.1) is 0 Å². The summed E-state index contributed by atoms with van der Waals surface area (Å²) in [6.07, 6.45) is 1.33. The molecule has 102 valence electrons. The van der Waals surface area contributed by atoms with Crippen molar-refractivity contribution in [3.63, 3.8) is 0 Å². The third kappa shape index (κ3) is 4.70. The summed E-state index contributed by atoms with van der Waals surface area (Å²) >= 11 is 0. The molecule has 3 N–H and O–H groups in total. The normalized spacial score (nSPS) is 13.2. The van der Waals surface area contributed by atoms with Gasteiger partial charge < -0.3 is 15.8 Å². The molecule has 1 aromatic rings. The van der Waals surface area contributed by atoms with Gasteiger partial charge in [-0.15, -0.1) is 5.10 Å². The van der Waals surface area contributed by atoms with E-state index in [9.17, 15) is 4.79 Å². The van der Waals surface area contributed by atoms with E-state index in [1.807, 2.05) is 20.8 Å². The van der Waals surface area contributed by atoms with E-state index in [1.165, 1.54) is 0 Å². The predicted octanol–water partition coefficient (Wildman–Crippen LogP) is 0.382. The number of amides is 1. The number of nitrogens with one attached hydrogen (secondary N) is 1. The van der Waals surface area contributed by atoms with E-state index in [2.05, 4.69) is 15.6 Å². The Kier molecular flexibility index (Phi) is 4.66. The number of rotatable bonds is 4. The van der Waals surface area contributed by atoms with Crippen LogP contribution in [0.1, 0.15) is 32.4 Å². The fourth-order valence-electron chi connectivity index (χ4n) is 1.38. The number of ether oxygens (including phenoxy) is 1. The first-order valence-corrected chi connectivity index (χ1v) is 5.85. The maximum atomic E-state index is 11.5. The van der Waals surface area contributed by atoms with E-state index in [1.54, 1.807) is 17.9 Å². The van der Waals surface area contributed by atoms with Gasteiger partial charge in [0.2, 0.25) is 0 Å². The Morgan fingerprint density at radius 1 is 1.61 bits per heavy atom. The molecule has 0 saturated carbocycles. The molecule has 0 aliphatic rings. The molecule has 1 atom stereocenters. The number of alkyl carbamates (subject to hydrolysis) is 1. The molecular weight excluding hydrogens is 234 g/mol. The van der Waals surface area contributed by atoms with Gasteiger partial charge in [-0.25, -0.2) is 4.79 Å². The number of aryl methyl sites for hydroxylation is 1. The molecule has 0 spiro atoms. The van der Waals surface area contributed by atoms with Crippen molar-refractivity contribution < 1.29 is 9.53 Å². The van der Waals surface area contributed by atoms with Crippen LogP contribution in [0.25, 0.3) is 0 Å². The van der Waals surface area contributed by atoms with Crippen LogP contribution in [0.5, 0.6) is 0 Å². The maximum Gasteiger partial charge on any atom is 0.407 e. The van der Waals surface area contributed by atoms with Crippen molar-refractivity contribution in [1.82, 2.24) is 20.3 Å². The molecule has 18 heavy (non-hydrogen) atoms. The molecule has 7 nitrogen and oxygen atoms in total. The highest BCUT2D eigenvalue weighted by Crippen LogP contribution is 2.10. The topological polar surface area (TPSA) is 95.1 Å². The summed E-state index contributed by atoms with van der Waals surface area (Å²) in [7, 11) is 1.78. The number of nitrogens with zero attached hydrogens (tertiary/aromatic N) is 3. The highest BCUT2D eigenvalue weighted by atomic mass is 16.6. The molecule has 0 radical (unpaired) electrons. The van der Waals surface area contributed by atoms with Crippen LogP contribution in [0.15, 0.2) is 6.20 Å². The Morgan fingerprint density at radius 2 is 2.28 bits per heavy atom. The van der Waals surface area contributed by atoms with Crippen LogP contribution < -0.4 is 11.1 Å². The van der Waals surface area contributed by atoms with Gasteiger partial charge in [0.1, 0.15) is 5.60 Å². The molecule has 1 heterocycles. The predicted molar refractivity (Wildman–Crippen MR) is 67.0 cm³/mol. The standard InChI is InChI=1S/C11H21N5O2/c1-11(2,3)18-10(17)13-6-8(5-12)9-7-16(4)15-14-9/h7-8H,5-6,12H2,1-4H3,(H,13,17). The van der Waals surface area contributed by atoms with Crippen molar-refractivity contribution >= 4 is 6.09 Å². The van der Waals surface area contributed by atoms with Gasteiger partial charge in [-0.3, -0.25) is 4.68 Å². The van der Waals surface area contributed by atoms with Crippen molar-refractivity contribution in [3.8, 4) is 0 Å². The molecule has 1 unspecified atom stereocenters. The molecule has 7 heteroatoms. The first-order chi connectivity index (χ1) is 8.31. The summed E-state index contributed by atoms with van der Waals surface area (Å²) in [5.74, 6) is -0.0637. The van der Waals surface area contributed by atoms with E-state index in [4.69, 9.17) is 10.5 Å². The summed E-state index contributed by atoms with van der Waals surface area (Å²) in [6.45, 7) is 6.21. The van der Waals surface area contributed by atoms with Crippen LogP contribution in [-0.2, 0) is 11.8 Å². The summed E-state index contributed by atoms with van der Waals surface area (Å²) in [5.41, 5.74) is 5.91. The number of aromatic nitrogens is 3. The molecule has 0 aromatic carbocycles. The summed E-state index contributed by atoms with van der Waals surface area (Å²) in [4.78, 5) is 11.5. The van der Waals surface area contributed by atoms with Crippen molar-refractivity contribution in [1.29, 1.82) is 0 Å². The Hall–Kier alpha value is -1.63. The summed E-state index contributed by atoms with van der Waals surface area (Å²) in [5, 5.41) is 10.5. The average molecular weight is 255 g/mol. The number of hydrogen-bond acceptors (Lipinski definition) is 5. The smallest absolute Gasteiger partial charge is 0.407 e. The lowest BCUT2D eigenvalue weighted by molar-refractivity contribution is 0.0524. The molecule has 0 bridgehead atoms. The van der Waals surface area contributed by atoms with E-state index < -0.39 is 11.7 Å². The van der Waals surface area contributed by atoms with E-state index in [-0.39, 0.29) is 5.92 Å². The Bertz CT molecular complexity index is 396. The maximum absolute atomic E-state index is 11.5. The second-order valence-corrected chi connectivity index (χ2v) is 5.13. The molecule has 0 fully saturated rings. The minimum atomic E-state index is -0.505. The van der Waals surface area contributed by atoms with Crippen molar-refractivity contribution in [2.45, 2.75) is 32.3 Å². The second kappa shape index (κ2) is 5.81. The number of nitrogens with two attached hydrogens (primary N) is 1. The van der Waals surface area contributed by atoms with Gasteiger partial charge in [-0.1, -0.05) is 5.21 Å². The van der Waals surface area contributed by atoms with Crippen molar-refractivity contribution in [2.24, 2.45) is 12.8 Å². The Balaban J connectivity index is 2.48. The minimum absolute atomic E-state index is 0.0637. The number of carbonyl (C=O) groups is 1. The Morgan fingerprint density at radius 3 is 2.72 bits per heavy atom. The number of carbonyl (C=O) groups excluding carboxylic acids is 1. The van der Waals surface area contributed by atoms with Gasteiger partial charge in [0, 0.05) is 32.3 Å². The SMILES string of the molecule is Cn1cc(C(CN)CNC(=O)OC(C)(C)C)nn1. The van der Waals surface area contributed by atoms with Crippen LogP contribution in [0.3, 0.4) is 0 Å². The molecule has 1 aromatic heterocycles. The molecule has 1 amide bonds. The lowest BCUT2D eigenvalue weighted by atomic mass is 10.1. The fourth-order valence-corrected chi connectivity index (χ4v) is 1.38. The third-order valence-corrected chi connectivity index (χ3v) is 2.21. The zero-order valence-corrected chi connectivity index (χ0v) is 11.3. The highest BCUT2D eigenvalue weighted by Gasteiger charge is 2.18. The van der Waals surface area contributed by atoms with E-state index >= 15 is 0 Å². The van der Waals surface area contributed by atoms with Gasteiger partial charge in [-0.2, -0.15) is 0 Å². The van der Waals surface area contributed by atoms with Crippen molar-refractivity contribution in [2.75, 3.05) is 13.1 Å². The van der Waals surface area contributed by atoms with E-state index in [0.29, 0.717) is 13.1 Å². The zero-order chi connectivity index (χ0) is 13.8. The minimum Gasteiger partial charge on any atom is -0.444 e. The first kappa shape index (κ1) is 14.4. The van der Waals surface area contributed by atoms with Gasteiger partial charge in [0.05, 0.1) is 5.69 Å². The average Bonchev–Trinajstić information content (AvgIpc) is 2.63. The second-order valence-electron chi connectivity index (χ2n) is 5.13. The number of hydrogen-bond donors (Lipinski definition) is 2. The van der Waals surface area contributed by atoms with Gasteiger partial charge in [0.25, 0.3) is 0 Å². The third-order valence-electron chi connectivity index (χ3n) is 2.21. The molecule has 0 aliphatic heterocycles. The van der Waals surface area contributed by atoms with Crippen LogP contribution in [0.2, 0.25) is 0 Å². The van der Waals surface area contributed by atoms with Crippen LogP contribution in [-0.4, -0.2) is 39.8 Å². The van der Waals surface area contributed by atoms with E-state index in [0.717, 1.165) is 5.69 Å². The zero-order valence-electron chi connectivity index (χ0n) is 11.3. The monoisotopic (exact) mass is 255 g/mol. The lowest BCUT2D eigenvalue weighted by Crippen LogP contribution is -2.36. The molecular formula is C11H21N5O2. The van der Waals surface area contributed by atoms with Gasteiger partial charge >= 0.3 is 6.09 Å². The van der Waals surface area contributed by atoms with Crippen LogP contribution in [0.4, 0.5) is 4.79 Å². The van der Waals surface area contributed by atoms with Crippen molar-refractivity contribution in [3.05, 3.63) is 11.9 Å². The largest absolute Gasteiger partial charge is 0.444 e. The Labute approximate surface area is 107 Å². The molecule has 0 aliphatic carbocycles. The molecule has 0 saturated heterocycles. The van der Waals surface area contributed by atoms with Gasteiger partial charge in [-0.05, 0) is 20.8 Å². The quantitative estimate of drug-likeness (QED) is 0.811. The van der Waals surface area contributed by atoms with Crippen LogP contribution >= 0.6 is 0 Å². The lowest BCUT2D eigenvalue weighted by Gasteiger charge is -2.20. The fraction of sp³-hybridized carbons (Fsp3) is 0.727. The summed E-state index contributed by atoms with van der Waals surface area (Å²) < 4.78 is 6.74. The highest BCUT2D eigenvalue weighted by molar-refractivity contribution is 5.67. The summed E-state index contributed by atoms with van der Waals surface area (Å²) in [6, 6.07) is 0.